The van der Waals surface area contributed by atoms with E-state index in [1.165, 1.54) is 30.5 Å². The van der Waals surface area contributed by atoms with Crippen LogP contribution in [0.1, 0.15) is 0 Å². The van der Waals surface area contributed by atoms with Gasteiger partial charge in [-0.3, -0.25) is 0 Å². The van der Waals surface area contributed by atoms with Crippen molar-refractivity contribution in [2.75, 3.05) is 0 Å². The summed E-state index contributed by atoms with van der Waals surface area (Å²) in [5.41, 5.74) is 0. The lowest BCUT2D eigenvalue weighted by molar-refractivity contribution is 1.42. The largest absolute Gasteiger partial charge is 0.180 e. The Morgan fingerprint density at radius 2 is 0.750 bits per heavy atom. The normalized spacial score (nSPS) is 11.2. The van der Waals surface area contributed by atoms with E-state index in [4.69, 9.17) is 0 Å². The summed E-state index contributed by atoms with van der Waals surface area (Å²) in [5, 5.41) is 5.63. The van der Waals surface area contributed by atoms with Crippen molar-refractivity contribution in [1.29, 1.82) is 0 Å². The van der Waals surface area contributed by atoms with Gasteiger partial charge in [0.1, 0.15) is 0 Å². The predicted octanol–water partition coefficient (Wildman–Crippen LogP) is 5.22. The Morgan fingerprint density at radius 1 is 0.375 bits per heavy atom. The van der Waals surface area contributed by atoms with Crippen molar-refractivity contribution in [3.05, 3.63) is 146 Å². The molecule has 0 aliphatic rings. The lowest BCUT2D eigenvalue weighted by Gasteiger charge is -2.35. The molecule has 0 aromatic heterocycles. The molecule has 5 aromatic rings. The highest BCUT2D eigenvalue weighted by atomic mass is 32.2. The van der Waals surface area contributed by atoms with E-state index in [0.29, 0.717) is 0 Å². The second kappa shape index (κ2) is 9.43. The third-order valence-electron chi connectivity index (χ3n) is 5.88. The second-order valence-electron chi connectivity index (χ2n) is 7.76. The Hall–Kier alpha value is -3.33. The highest BCUT2D eigenvalue weighted by molar-refractivity contribution is 7.99. The molecule has 0 radical (unpaired) electrons. The van der Waals surface area contributed by atoms with E-state index in [1.807, 2.05) is 11.8 Å². The van der Waals surface area contributed by atoms with Crippen LogP contribution in [0.25, 0.3) is 0 Å². The average molecular weight is 445 g/mol. The first-order valence-corrected chi connectivity index (χ1v) is 13.7. The lowest BCUT2D eigenvalue weighted by Crippen LogP contribution is -2.75. The summed E-state index contributed by atoms with van der Waals surface area (Å²) in [4.78, 5) is 2.58. The molecule has 0 heterocycles. The molecule has 154 valence electrons. The van der Waals surface area contributed by atoms with E-state index in [1.54, 1.807) is 0 Å². The lowest BCUT2D eigenvalue weighted by atomic mass is 10.3. The van der Waals surface area contributed by atoms with Gasteiger partial charge in [-0.05, 0) is 38.9 Å². The summed E-state index contributed by atoms with van der Waals surface area (Å²) in [5.74, 6) is 0. The van der Waals surface area contributed by atoms with Gasteiger partial charge in [-0.15, -0.1) is 0 Å². The van der Waals surface area contributed by atoms with Crippen LogP contribution in [0.15, 0.2) is 155 Å². The first-order chi connectivity index (χ1) is 15.9. The molecule has 0 fully saturated rings. The summed E-state index contributed by atoms with van der Waals surface area (Å²) < 4.78 is 0. The van der Waals surface area contributed by atoms with Crippen LogP contribution < -0.4 is 20.7 Å². The van der Waals surface area contributed by atoms with Crippen molar-refractivity contribution in [1.82, 2.24) is 0 Å². The van der Waals surface area contributed by atoms with E-state index in [-0.39, 0.29) is 0 Å². The maximum Gasteiger partial charge on any atom is 0.180 e. The van der Waals surface area contributed by atoms with Crippen LogP contribution in [-0.2, 0) is 0 Å². The molecule has 0 unspecified atom stereocenters. The van der Waals surface area contributed by atoms with Crippen LogP contribution in [0.3, 0.4) is 0 Å². The van der Waals surface area contributed by atoms with E-state index in [0.717, 1.165) is 0 Å². The molecule has 32 heavy (non-hydrogen) atoms. The van der Waals surface area contributed by atoms with Gasteiger partial charge in [0.2, 0.25) is 0 Å². The molecule has 0 atom stereocenters. The molecule has 0 nitrogen and oxygen atoms in total. The van der Waals surface area contributed by atoms with Gasteiger partial charge in [-0.1, -0.05) is 139 Å². The molecule has 0 bridgehead atoms. The van der Waals surface area contributed by atoms with Crippen molar-refractivity contribution in [3.63, 3.8) is 0 Å². The van der Waals surface area contributed by atoms with Crippen molar-refractivity contribution >= 4 is 40.6 Å². The highest BCUT2D eigenvalue weighted by Gasteiger charge is 2.42. The van der Waals surface area contributed by atoms with Crippen LogP contribution in [0.2, 0.25) is 0 Å². The van der Waals surface area contributed by atoms with Crippen molar-refractivity contribution < 1.29 is 0 Å². The molecule has 0 aliphatic heterocycles. The van der Waals surface area contributed by atoms with Crippen LogP contribution >= 0.6 is 11.8 Å². The topological polar surface area (TPSA) is 0 Å². The Labute approximate surface area is 195 Å². The molecular formula is C30H24SSi. The molecular weight excluding hydrogens is 420 g/mol. The monoisotopic (exact) mass is 444 g/mol. The Balaban J connectivity index is 1.84. The summed E-state index contributed by atoms with van der Waals surface area (Å²) >= 11 is 1.86. The van der Waals surface area contributed by atoms with Gasteiger partial charge in [0, 0.05) is 9.79 Å². The van der Waals surface area contributed by atoms with E-state index >= 15 is 0 Å². The van der Waals surface area contributed by atoms with Gasteiger partial charge in [-0.25, -0.2) is 0 Å². The predicted molar refractivity (Wildman–Crippen MR) is 141 cm³/mol. The summed E-state index contributed by atoms with van der Waals surface area (Å²) in [7, 11) is -2.52. The number of rotatable bonds is 6. The molecule has 0 amide bonds. The van der Waals surface area contributed by atoms with Crippen LogP contribution in [-0.4, -0.2) is 8.07 Å². The average Bonchev–Trinajstić information content (AvgIpc) is 2.88. The molecule has 0 saturated heterocycles. The molecule has 0 saturated carbocycles. The first-order valence-electron chi connectivity index (χ1n) is 10.9. The zero-order valence-corrected chi connectivity index (χ0v) is 19.6. The molecule has 2 heteroatoms. The van der Waals surface area contributed by atoms with Crippen molar-refractivity contribution in [2.24, 2.45) is 0 Å². The van der Waals surface area contributed by atoms with E-state index in [2.05, 4.69) is 146 Å². The van der Waals surface area contributed by atoms with Gasteiger partial charge < -0.3 is 0 Å². The van der Waals surface area contributed by atoms with Crippen molar-refractivity contribution in [3.8, 4) is 0 Å². The minimum Gasteiger partial charge on any atom is -0.0902 e. The van der Waals surface area contributed by atoms with E-state index in [9.17, 15) is 0 Å². The summed E-state index contributed by atoms with van der Waals surface area (Å²) in [6, 6.07) is 53.0. The summed E-state index contributed by atoms with van der Waals surface area (Å²) in [6.07, 6.45) is 0. The van der Waals surface area contributed by atoms with Crippen LogP contribution in [0.4, 0.5) is 0 Å². The number of benzene rings is 5. The van der Waals surface area contributed by atoms with Gasteiger partial charge in [0.15, 0.2) is 8.07 Å². The van der Waals surface area contributed by atoms with Gasteiger partial charge >= 0.3 is 0 Å². The van der Waals surface area contributed by atoms with Crippen LogP contribution in [0.5, 0.6) is 0 Å². The molecule has 0 spiro atoms. The maximum atomic E-state index is 2.35. The zero-order chi connectivity index (χ0) is 21.6. The maximum absolute atomic E-state index is 2.52. The van der Waals surface area contributed by atoms with Gasteiger partial charge in [0.25, 0.3) is 0 Å². The minimum absolute atomic E-state index is 1.26. The SMILES string of the molecule is c1ccc(Sc2ccccc2[Si](c2ccccc2)(c2ccccc2)c2ccccc2)cc1. The first kappa shape index (κ1) is 20.6. The van der Waals surface area contributed by atoms with Gasteiger partial charge in [-0.2, -0.15) is 0 Å². The Bertz CT molecular complexity index is 1170. The third kappa shape index (κ3) is 3.84. The quantitative estimate of drug-likeness (QED) is 0.256. The summed E-state index contributed by atoms with van der Waals surface area (Å²) in [6.45, 7) is 0. The van der Waals surface area contributed by atoms with Gasteiger partial charge in [0.05, 0.1) is 0 Å². The standard InChI is InChI=1S/C30H24SSi/c1-5-15-25(16-6-1)31-29-23-13-14-24-30(29)32(26-17-7-2-8-18-26,27-19-9-3-10-20-27)28-21-11-4-12-22-28/h1-24H. The number of hydrogen-bond donors (Lipinski definition) is 0. The smallest absolute Gasteiger partial charge is 0.0902 e. The molecule has 5 aromatic carbocycles. The number of hydrogen-bond acceptors (Lipinski definition) is 1. The fourth-order valence-corrected chi connectivity index (χ4v) is 10.8. The molecule has 0 aliphatic carbocycles. The minimum atomic E-state index is -2.52. The Morgan fingerprint density at radius 3 is 1.22 bits per heavy atom. The van der Waals surface area contributed by atoms with E-state index < -0.39 is 8.07 Å². The Kier molecular flexibility index (Phi) is 6.06. The van der Waals surface area contributed by atoms with Crippen molar-refractivity contribution in [2.45, 2.75) is 9.79 Å². The van der Waals surface area contributed by atoms with Crippen LogP contribution in [0, 0.1) is 0 Å². The molecule has 0 N–H and O–H groups in total. The fraction of sp³-hybridized carbons (Fsp3) is 0. The highest BCUT2D eigenvalue weighted by Crippen LogP contribution is 2.27. The third-order valence-corrected chi connectivity index (χ3v) is 12.0. The second-order valence-corrected chi connectivity index (χ2v) is 12.6. The fourth-order valence-electron chi connectivity index (χ4n) is 4.51. The molecule has 5 rings (SSSR count). The zero-order valence-electron chi connectivity index (χ0n) is 17.8.